The second kappa shape index (κ2) is 6.60. The Labute approximate surface area is 156 Å². The van der Waals surface area contributed by atoms with Crippen LogP contribution in [-0.4, -0.2) is 31.1 Å². The number of aromatic nitrogens is 5. The number of hydrogen-bond donors (Lipinski definition) is 1. The zero-order valence-electron chi connectivity index (χ0n) is 15.3. The van der Waals surface area contributed by atoms with Crippen molar-refractivity contribution in [3.8, 4) is 5.69 Å². The molecule has 0 saturated carbocycles. The molecule has 7 nitrogen and oxygen atoms in total. The summed E-state index contributed by atoms with van der Waals surface area (Å²) in [5.74, 6) is 0.492. The molecule has 27 heavy (non-hydrogen) atoms. The van der Waals surface area contributed by atoms with Gasteiger partial charge in [0.05, 0.1) is 16.8 Å². The van der Waals surface area contributed by atoms with Crippen LogP contribution >= 0.6 is 0 Å². The molecule has 0 saturated heterocycles. The van der Waals surface area contributed by atoms with Crippen LogP contribution < -0.4 is 5.32 Å². The van der Waals surface area contributed by atoms with Crippen molar-refractivity contribution in [3.63, 3.8) is 0 Å². The zero-order chi connectivity index (χ0) is 19.0. The highest BCUT2D eigenvalue weighted by Gasteiger charge is 2.14. The lowest BCUT2D eigenvalue weighted by molar-refractivity contribution is 0.102. The van der Waals surface area contributed by atoms with Crippen molar-refractivity contribution in [1.29, 1.82) is 0 Å². The van der Waals surface area contributed by atoms with E-state index in [0.29, 0.717) is 17.1 Å². The number of benzene rings is 2. The van der Waals surface area contributed by atoms with Crippen LogP contribution in [0.4, 0.5) is 5.69 Å². The molecule has 0 aliphatic heterocycles. The summed E-state index contributed by atoms with van der Waals surface area (Å²) in [7, 11) is 0. The number of nitrogens with one attached hydrogen (secondary N) is 1. The maximum atomic E-state index is 13.0. The second-order valence-electron chi connectivity index (χ2n) is 6.42. The molecule has 1 amide bonds. The van der Waals surface area contributed by atoms with E-state index in [0.717, 1.165) is 27.8 Å². The normalized spacial score (nSPS) is 10.9. The van der Waals surface area contributed by atoms with E-state index in [1.807, 2.05) is 69.3 Å². The van der Waals surface area contributed by atoms with Gasteiger partial charge in [-0.1, -0.05) is 24.3 Å². The number of amides is 1. The Morgan fingerprint density at radius 1 is 1.04 bits per heavy atom. The molecule has 134 valence electrons. The number of fused-ring (bicyclic) bond motifs is 1. The minimum absolute atomic E-state index is 0.179. The lowest BCUT2D eigenvalue weighted by Crippen LogP contribution is -2.13. The van der Waals surface area contributed by atoms with Gasteiger partial charge in [-0.15, -0.1) is 5.10 Å². The molecule has 4 aromatic rings. The number of para-hydroxylation sites is 1. The van der Waals surface area contributed by atoms with Crippen LogP contribution in [0, 0.1) is 20.8 Å². The number of hydrogen-bond acceptors (Lipinski definition) is 5. The highest BCUT2D eigenvalue weighted by Crippen LogP contribution is 2.23. The Kier molecular flexibility index (Phi) is 4.12. The largest absolute Gasteiger partial charge is 0.322 e. The van der Waals surface area contributed by atoms with E-state index >= 15 is 0 Å². The molecule has 2 aromatic carbocycles. The van der Waals surface area contributed by atoms with Crippen LogP contribution in [0.1, 0.15) is 27.4 Å². The van der Waals surface area contributed by atoms with Gasteiger partial charge in [-0.05, 0) is 61.0 Å². The molecular weight excluding hydrogens is 340 g/mol. The molecule has 0 bridgehead atoms. The van der Waals surface area contributed by atoms with E-state index in [9.17, 15) is 4.79 Å². The van der Waals surface area contributed by atoms with Crippen LogP contribution in [0.25, 0.3) is 16.6 Å². The zero-order valence-corrected chi connectivity index (χ0v) is 15.3. The summed E-state index contributed by atoms with van der Waals surface area (Å²) in [6, 6.07) is 15.1. The van der Waals surface area contributed by atoms with Crippen LogP contribution in [0.2, 0.25) is 0 Å². The molecule has 4 rings (SSSR count). The standard InChI is InChI=1S/C20H18N6O/c1-12-6-4-9-17-18(10-13(2)21-19(12)17)20(27)22-15-7-5-8-16(11-15)26-14(3)23-24-25-26/h4-11H,1-3H3,(H,22,27). The lowest BCUT2D eigenvalue weighted by Gasteiger charge is -2.11. The monoisotopic (exact) mass is 358 g/mol. The van der Waals surface area contributed by atoms with Gasteiger partial charge in [-0.25, -0.2) is 0 Å². The van der Waals surface area contributed by atoms with Gasteiger partial charge >= 0.3 is 0 Å². The molecular formula is C20H18N6O. The Hall–Kier alpha value is -3.61. The van der Waals surface area contributed by atoms with Crippen molar-refractivity contribution >= 4 is 22.5 Å². The second-order valence-corrected chi connectivity index (χ2v) is 6.42. The van der Waals surface area contributed by atoms with E-state index in [1.54, 1.807) is 4.68 Å². The molecule has 2 aromatic heterocycles. The van der Waals surface area contributed by atoms with Gasteiger partial charge < -0.3 is 5.32 Å². The summed E-state index contributed by atoms with van der Waals surface area (Å²) in [5.41, 5.74) is 4.75. The van der Waals surface area contributed by atoms with E-state index in [-0.39, 0.29) is 5.91 Å². The van der Waals surface area contributed by atoms with E-state index in [1.165, 1.54) is 0 Å². The first kappa shape index (κ1) is 16.8. The van der Waals surface area contributed by atoms with Crippen molar-refractivity contribution in [2.24, 2.45) is 0 Å². The van der Waals surface area contributed by atoms with Crippen LogP contribution in [0.15, 0.2) is 48.5 Å². The summed E-state index contributed by atoms with van der Waals surface area (Å²) in [6.07, 6.45) is 0. The maximum absolute atomic E-state index is 13.0. The Morgan fingerprint density at radius 2 is 1.85 bits per heavy atom. The maximum Gasteiger partial charge on any atom is 0.256 e. The molecule has 0 atom stereocenters. The quantitative estimate of drug-likeness (QED) is 0.607. The number of anilines is 1. The van der Waals surface area contributed by atoms with Crippen LogP contribution in [0.5, 0.6) is 0 Å². The topological polar surface area (TPSA) is 85.6 Å². The highest BCUT2D eigenvalue weighted by molar-refractivity contribution is 6.12. The van der Waals surface area contributed by atoms with E-state index in [4.69, 9.17) is 0 Å². The van der Waals surface area contributed by atoms with Crippen molar-refractivity contribution < 1.29 is 4.79 Å². The number of carbonyl (C=O) groups excluding carboxylic acids is 1. The number of nitrogens with zero attached hydrogens (tertiary/aromatic N) is 5. The highest BCUT2D eigenvalue weighted by atomic mass is 16.1. The Bertz CT molecular complexity index is 1160. The fourth-order valence-corrected chi connectivity index (χ4v) is 3.09. The van der Waals surface area contributed by atoms with Crippen LogP contribution in [-0.2, 0) is 0 Å². The molecule has 1 N–H and O–H groups in total. The smallest absolute Gasteiger partial charge is 0.256 e. The van der Waals surface area contributed by atoms with E-state index in [2.05, 4.69) is 25.8 Å². The summed E-state index contributed by atoms with van der Waals surface area (Å²) in [5, 5.41) is 15.3. The number of aryl methyl sites for hydroxylation is 3. The number of rotatable bonds is 3. The van der Waals surface area contributed by atoms with Crippen LogP contribution in [0.3, 0.4) is 0 Å². The van der Waals surface area contributed by atoms with Gasteiger partial charge in [-0.2, -0.15) is 4.68 Å². The van der Waals surface area contributed by atoms with Gasteiger partial charge in [0.2, 0.25) is 0 Å². The van der Waals surface area contributed by atoms with Crippen molar-refractivity contribution in [1.82, 2.24) is 25.2 Å². The van der Waals surface area contributed by atoms with Gasteiger partial charge in [-0.3, -0.25) is 9.78 Å². The van der Waals surface area contributed by atoms with Crippen molar-refractivity contribution in [2.45, 2.75) is 20.8 Å². The van der Waals surface area contributed by atoms with Crippen molar-refractivity contribution in [2.75, 3.05) is 5.32 Å². The third-order valence-corrected chi connectivity index (χ3v) is 4.39. The third kappa shape index (κ3) is 3.15. The SMILES string of the molecule is Cc1cc(C(=O)Nc2cccc(-n3nnnc3C)c2)c2cccc(C)c2n1. The summed E-state index contributed by atoms with van der Waals surface area (Å²) in [6.45, 7) is 5.71. The van der Waals surface area contributed by atoms with Gasteiger partial charge in [0.1, 0.15) is 0 Å². The molecule has 0 spiro atoms. The molecule has 0 aliphatic carbocycles. The van der Waals surface area contributed by atoms with Gasteiger partial charge in [0, 0.05) is 16.8 Å². The fraction of sp³-hybridized carbons (Fsp3) is 0.150. The Balaban J connectivity index is 1.71. The first-order valence-corrected chi connectivity index (χ1v) is 8.56. The number of tetrazole rings is 1. The third-order valence-electron chi connectivity index (χ3n) is 4.39. The molecule has 0 unspecified atom stereocenters. The molecule has 0 aliphatic rings. The molecule has 7 heteroatoms. The summed E-state index contributed by atoms with van der Waals surface area (Å²) in [4.78, 5) is 17.5. The molecule has 0 radical (unpaired) electrons. The first-order valence-electron chi connectivity index (χ1n) is 8.56. The van der Waals surface area contributed by atoms with E-state index < -0.39 is 0 Å². The minimum atomic E-state index is -0.179. The molecule has 0 fully saturated rings. The first-order chi connectivity index (χ1) is 13.0. The Morgan fingerprint density at radius 3 is 2.63 bits per heavy atom. The predicted octanol–water partition coefficient (Wildman–Crippen LogP) is 3.39. The minimum Gasteiger partial charge on any atom is -0.322 e. The lowest BCUT2D eigenvalue weighted by atomic mass is 10.0. The number of carbonyl (C=O) groups is 1. The average Bonchev–Trinajstić information content (AvgIpc) is 3.08. The van der Waals surface area contributed by atoms with Gasteiger partial charge in [0.15, 0.2) is 5.82 Å². The fourth-order valence-electron chi connectivity index (χ4n) is 3.09. The predicted molar refractivity (Wildman–Crippen MR) is 103 cm³/mol. The molecule has 2 heterocycles. The number of pyridine rings is 1. The average molecular weight is 358 g/mol. The summed E-state index contributed by atoms with van der Waals surface area (Å²) < 4.78 is 1.62. The van der Waals surface area contributed by atoms with Gasteiger partial charge in [0.25, 0.3) is 5.91 Å². The summed E-state index contributed by atoms with van der Waals surface area (Å²) >= 11 is 0. The van der Waals surface area contributed by atoms with Crippen molar-refractivity contribution in [3.05, 3.63) is 71.2 Å².